The third-order valence-electron chi connectivity index (χ3n) is 3.53. The Labute approximate surface area is 148 Å². The second kappa shape index (κ2) is 11.3. The zero-order valence-electron chi connectivity index (χ0n) is 14.4. The SMILES string of the molecule is OCCCCOc1ccc(Oc2ccc(OCCCCO)cc2)cc1. The number of ether oxygens (including phenoxy) is 3. The molecule has 0 aliphatic rings. The lowest BCUT2D eigenvalue weighted by atomic mass is 10.3. The van der Waals surface area contributed by atoms with Gasteiger partial charge in [0.25, 0.3) is 0 Å². The molecule has 5 nitrogen and oxygen atoms in total. The number of aliphatic hydroxyl groups is 2. The van der Waals surface area contributed by atoms with Crippen molar-refractivity contribution in [3.8, 4) is 23.0 Å². The van der Waals surface area contributed by atoms with E-state index in [2.05, 4.69) is 0 Å². The average molecular weight is 346 g/mol. The van der Waals surface area contributed by atoms with E-state index in [0.717, 1.165) is 48.7 Å². The van der Waals surface area contributed by atoms with E-state index < -0.39 is 0 Å². The van der Waals surface area contributed by atoms with Gasteiger partial charge in [-0.2, -0.15) is 0 Å². The van der Waals surface area contributed by atoms with Crippen molar-refractivity contribution in [2.75, 3.05) is 26.4 Å². The molecule has 2 aromatic rings. The van der Waals surface area contributed by atoms with Crippen molar-refractivity contribution in [2.45, 2.75) is 25.7 Å². The van der Waals surface area contributed by atoms with Gasteiger partial charge in [0.05, 0.1) is 13.2 Å². The summed E-state index contributed by atoms with van der Waals surface area (Å²) in [5.74, 6) is 3.05. The Bertz CT molecular complexity index is 527. The standard InChI is InChI=1S/C20H26O5/c21-13-1-3-15-23-17-5-9-19(10-6-17)25-20-11-7-18(8-12-20)24-16-4-2-14-22/h5-12,21-22H,1-4,13-16H2. The molecular formula is C20H26O5. The van der Waals surface area contributed by atoms with Gasteiger partial charge in [-0.3, -0.25) is 0 Å². The Morgan fingerprint density at radius 2 is 0.880 bits per heavy atom. The molecule has 0 unspecified atom stereocenters. The zero-order chi connectivity index (χ0) is 17.7. The Morgan fingerprint density at radius 1 is 0.520 bits per heavy atom. The fourth-order valence-corrected chi connectivity index (χ4v) is 2.15. The Balaban J connectivity index is 1.77. The zero-order valence-corrected chi connectivity index (χ0v) is 14.4. The maximum absolute atomic E-state index is 8.73. The summed E-state index contributed by atoms with van der Waals surface area (Å²) < 4.78 is 17.0. The van der Waals surface area contributed by atoms with Gasteiger partial charge in [-0.05, 0) is 74.2 Å². The molecule has 0 saturated heterocycles. The predicted molar refractivity (Wildman–Crippen MR) is 96.6 cm³/mol. The summed E-state index contributed by atoms with van der Waals surface area (Å²) in [6.45, 7) is 1.59. The molecule has 2 aromatic carbocycles. The number of hydrogen-bond donors (Lipinski definition) is 2. The van der Waals surface area contributed by atoms with E-state index in [-0.39, 0.29) is 13.2 Å². The number of unbranched alkanes of at least 4 members (excludes halogenated alkanes) is 2. The second-order valence-electron chi connectivity index (χ2n) is 5.60. The minimum atomic E-state index is 0.197. The molecule has 136 valence electrons. The minimum absolute atomic E-state index is 0.197. The van der Waals surface area contributed by atoms with Crippen LogP contribution in [0, 0.1) is 0 Å². The molecule has 0 bridgehead atoms. The normalized spacial score (nSPS) is 10.5. The van der Waals surface area contributed by atoms with Crippen LogP contribution in [0.5, 0.6) is 23.0 Å². The van der Waals surface area contributed by atoms with Gasteiger partial charge < -0.3 is 24.4 Å². The monoisotopic (exact) mass is 346 g/mol. The lowest BCUT2D eigenvalue weighted by molar-refractivity contribution is 0.253. The first-order valence-electron chi connectivity index (χ1n) is 8.67. The molecule has 0 aliphatic heterocycles. The van der Waals surface area contributed by atoms with Crippen molar-refractivity contribution in [3.05, 3.63) is 48.5 Å². The highest BCUT2D eigenvalue weighted by molar-refractivity contribution is 5.37. The number of aliphatic hydroxyl groups excluding tert-OH is 2. The maximum Gasteiger partial charge on any atom is 0.127 e. The van der Waals surface area contributed by atoms with E-state index in [1.165, 1.54) is 0 Å². The smallest absolute Gasteiger partial charge is 0.127 e. The van der Waals surface area contributed by atoms with E-state index in [1.54, 1.807) is 0 Å². The average Bonchev–Trinajstić information content (AvgIpc) is 2.65. The summed E-state index contributed by atoms with van der Waals surface area (Å²) in [6, 6.07) is 14.9. The molecule has 0 aromatic heterocycles. The fourth-order valence-electron chi connectivity index (χ4n) is 2.15. The molecule has 0 amide bonds. The van der Waals surface area contributed by atoms with Crippen molar-refractivity contribution in [2.24, 2.45) is 0 Å². The Morgan fingerprint density at radius 3 is 1.24 bits per heavy atom. The van der Waals surface area contributed by atoms with Crippen LogP contribution in [0.25, 0.3) is 0 Å². The van der Waals surface area contributed by atoms with Crippen LogP contribution in [-0.2, 0) is 0 Å². The number of hydrogen-bond acceptors (Lipinski definition) is 5. The summed E-state index contributed by atoms with van der Waals surface area (Å²) >= 11 is 0. The highest BCUT2D eigenvalue weighted by atomic mass is 16.5. The van der Waals surface area contributed by atoms with Crippen molar-refractivity contribution < 1.29 is 24.4 Å². The van der Waals surface area contributed by atoms with E-state index in [4.69, 9.17) is 24.4 Å². The lowest BCUT2D eigenvalue weighted by Gasteiger charge is -2.09. The van der Waals surface area contributed by atoms with Crippen LogP contribution in [0.2, 0.25) is 0 Å². The second-order valence-corrected chi connectivity index (χ2v) is 5.60. The topological polar surface area (TPSA) is 68.2 Å². The first-order valence-corrected chi connectivity index (χ1v) is 8.67. The van der Waals surface area contributed by atoms with Crippen LogP contribution < -0.4 is 14.2 Å². The van der Waals surface area contributed by atoms with Crippen LogP contribution in [0.4, 0.5) is 0 Å². The highest BCUT2D eigenvalue weighted by Crippen LogP contribution is 2.25. The first-order chi connectivity index (χ1) is 12.3. The van der Waals surface area contributed by atoms with Crippen LogP contribution in [0.15, 0.2) is 48.5 Å². The van der Waals surface area contributed by atoms with Crippen molar-refractivity contribution in [1.29, 1.82) is 0 Å². The summed E-state index contributed by atoms with van der Waals surface area (Å²) in [4.78, 5) is 0. The molecule has 5 heteroatoms. The predicted octanol–water partition coefficient (Wildman–Crippen LogP) is 3.78. The maximum atomic E-state index is 8.73. The third-order valence-corrected chi connectivity index (χ3v) is 3.53. The van der Waals surface area contributed by atoms with E-state index in [9.17, 15) is 0 Å². The minimum Gasteiger partial charge on any atom is -0.494 e. The Kier molecular flexibility index (Phi) is 8.66. The van der Waals surface area contributed by atoms with Gasteiger partial charge in [-0.25, -0.2) is 0 Å². The molecule has 0 fully saturated rings. The third kappa shape index (κ3) is 7.45. The quantitative estimate of drug-likeness (QED) is 0.573. The molecule has 0 spiro atoms. The van der Waals surface area contributed by atoms with Gasteiger partial charge in [0.1, 0.15) is 23.0 Å². The van der Waals surface area contributed by atoms with Gasteiger partial charge in [-0.1, -0.05) is 0 Å². The fraction of sp³-hybridized carbons (Fsp3) is 0.400. The van der Waals surface area contributed by atoms with E-state index in [0.29, 0.717) is 13.2 Å². The van der Waals surface area contributed by atoms with E-state index in [1.807, 2.05) is 48.5 Å². The molecule has 0 aliphatic carbocycles. The van der Waals surface area contributed by atoms with Crippen molar-refractivity contribution in [1.82, 2.24) is 0 Å². The van der Waals surface area contributed by atoms with Gasteiger partial charge in [0, 0.05) is 13.2 Å². The summed E-state index contributed by atoms with van der Waals surface area (Å²) in [6.07, 6.45) is 3.18. The summed E-state index contributed by atoms with van der Waals surface area (Å²) in [5.41, 5.74) is 0. The lowest BCUT2D eigenvalue weighted by Crippen LogP contribution is -1.98. The van der Waals surface area contributed by atoms with Gasteiger partial charge in [0.15, 0.2) is 0 Å². The molecule has 2 rings (SSSR count). The molecule has 0 heterocycles. The van der Waals surface area contributed by atoms with Crippen molar-refractivity contribution >= 4 is 0 Å². The van der Waals surface area contributed by atoms with Crippen molar-refractivity contribution in [3.63, 3.8) is 0 Å². The summed E-state index contributed by atoms with van der Waals surface area (Å²) in [7, 11) is 0. The van der Waals surface area contributed by atoms with Gasteiger partial charge in [0.2, 0.25) is 0 Å². The molecular weight excluding hydrogens is 320 g/mol. The number of benzene rings is 2. The molecule has 0 atom stereocenters. The molecule has 0 saturated carbocycles. The molecule has 2 N–H and O–H groups in total. The van der Waals surface area contributed by atoms with Gasteiger partial charge in [-0.15, -0.1) is 0 Å². The van der Waals surface area contributed by atoms with Crippen LogP contribution in [0.1, 0.15) is 25.7 Å². The number of rotatable bonds is 12. The first kappa shape index (κ1) is 19.1. The van der Waals surface area contributed by atoms with Gasteiger partial charge >= 0.3 is 0 Å². The van der Waals surface area contributed by atoms with E-state index >= 15 is 0 Å². The molecule has 25 heavy (non-hydrogen) atoms. The molecule has 0 radical (unpaired) electrons. The van der Waals surface area contributed by atoms with Crippen LogP contribution >= 0.6 is 0 Å². The van der Waals surface area contributed by atoms with Crippen LogP contribution in [0.3, 0.4) is 0 Å². The Hall–Kier alpha value is -2.24. The summed E-state index contributed by atoms with van der Waals surface area (Å²) in [5, 5.41) is 17.5. The van der Waals surface area contributed by atoms with Crippen LogP contribution in [-0.4, -0.2) is 36.6 Å². The highest BCUT2D eigenvalue weighted by Gasteiger charge is 2.00. The largest absolute Gasteiger partial charge is 0.494 e.